The third-order valence-electron chi connectivity index (χ3n) is 3.73. The van der Waals surface area contributed by atoms with Crippen molar-refractivity contribution in [2.24, 2.45) is 5.92 Å². The molecule has 0 amide bonds. The molecular weight excluding hydrogens is 203 g/mol. The lowest BCUT2D eigenvalue weighted by Crippen LogP contribution is -2.11. The van der Waals surface area contributed by atoms with Gasteiger partial charge in [-0.25, -0.2) is 0 Å². The highest BCUT2D eigenvalue weighted by molar-refractivity contribution is 5.25. The van der Waals surface area contributed by atoms with Crippen LogP contribution >= 0.6 is 0 Å². The fourth-order valence-corrected chi connectivity index (χ4v) is 2.72. The number of benzene rings is 1. The van der Waals surface area contributed by atoms with Crippen molar-refractivity contribution in [2.45, 2.75) is 38.2 Å². The molecule has 1 aromatic carbocycles. The summed E-state index contributed by atoms with van der Waals surface area (Å²) >= 11 is 0. The maximum absolute atomic E-state index is 13.1. The van der Waals surface area contributed by atoms with Gasteiger partial charge in [0.2, 0.25) is 0 Å². The lowest BCUT2D eigenvalue weighted by molar-refractivity contribution is 0.281. The molecule has 1 atom stereocenters. The predicted molar refractivity (Wildman–Crippen MR) is 63.0 cm³/mol. The number of halogens is 1. The van der Waals surface area contributed by atoms with Gasteiger partial charge in [0, 0.05) is 5.92 Å². The fraction of sp³-hybridized carbons (Fsp3) is 0.571. The van der Waals surface area contributed by atoms with Crippen molar-refractivity contribution in [3.8, 4) is 0 Å². The monoisotopic (exact) mass is 222 g/mol. The maximum atomic E-state index is 13.1. The average molecular weight is 222 g/mol. The van der Waals surface area contributed by atoms with E-state index in [4.69, 9.17) is 5.11 Å². The minimum Gasteiger partial charge on any atom is -0.392 e. The largest absolute Gasteiger partial charge is 0.392 e. The van der Waals surface area contributed by atoms with Gasteiger partial charge in [-0.05, 0) is 29.9 Å². The standard InChI is InChI=1S/C14H19FO/c15-9-14(12-3-1-2-4-12)13-7-5-11(10-16)6-8-13/h5-8,12,14,16H,1-4,9-10H2. The highest BCUT2D eigenvalue weighted by Gasteiger charge is 2.26. The number of hydrogen-bond acceptors (Lipinski definition) is 1. The molecule has 1 N–H and O–H groups in total. The molecule has 16 heavy (non-hydrogen) atoms. The average Bonchev–Trinajstić information content (AvgIpc) is 2.85. The Labute approximate surface area is 96.3 Å². The molecule has 0 aliphatic heterocycles. The second-order valence-corrected chi connectivity index (χ2v) is 4.71. The molecule has 2 heteroatoms. The van der Waals surface area contributed by atoms with Gasteiger partial charge in [-0.3, -0.25) is 4.39 Å². The van der Waals surface area contributed by atoms with E-state index in [9.17, 15) is 4.39 Å². The third kappa shape index (κ3) is 2.43. The Hall–Kier alpha value is -0.890. The molecule has 1 nitrogen and oxygen atoms in total. The van der Waals surface area contributed by atoms with Crippen LogP contribution in [-0.2, 0) is 6.61 Å². The van der Waals surface area contributed by atoms with Crippen LogP contribution in [0, 0.1) is 5.92 Å². The van der Waals surface area contributed by atoms with Gasteiger partial charge in [-0.2, -0.15) is 0 Å². The molecule has 0 radical (unpaired) electrons. The van der Waals surface area contributed by atoms with Gasteiger partial charge in [-0.1, -0.05) is 37.1 Å². The number of alkyl halides is 1. The second-order valence-electron chi connectivity index (χ2n) is 4.71. The molecule has 1 unspecified atom stereocenters. The zero-order valence-electron chi connectivity index (χ0n) is 9.53. The van der Waals surface area contributed by atoms with Crippen molar-refractivity contribution in [1.82, 2.24) is 0 Å². The maximum Gasteiger partial charge on any atom is 0.0965 e. The summed E-state index contributed by atoms with van der Waals surface area (Å²) in [4.78, 5) is 0. The summed E-state index contributed by atoms with van der Waals surface area (Å²) in [6.45, 7) is -0.201. The lowest BCUT2D eigenvalue weighted by atomic mass is 9.85. The molecular formula is C14H19FO. The van der Waals surface area contributed by atoms with Gasteiger partial charge >= 0.3 is 0 Å². The van der Waals surface area contributed by atoms with Crippen LogP contribution in [0.15, 0.2) is 24.3 Å². The molecule has 0 heterocycles. The summed E-state index contributed by atoms with van der Waals surface area (Å²) in [5.41, 5.74) is 1.99. The molecule has 1 saturated carbocycles. The van der Waals surface area contributed by atoms with Crippen LogP contribution in [0.2, 0.25) is 0 Å². The van der Waals surface area contributed by atoms with Crippen LogP contribution in [0.4, 0.5) is 4.39 Å². The summed E-state index contributed by atoms with van der Waals surface area (Å²) in [5.74, 6) is 0.584. The summed E-state index contributed by atoms with van der Waals surface area (Å²) < 4.78 is 13.1. The Morgan fingerprint density at radius 2 is 1.81 bits per heavy atom. The van der Waals surface area contributed by atoms with Crippen LogP contribution in [0.25, 0.3) is 0 Å². The van der Waals surface area contributed by atoms with Crippen molar-refractivity contribution >= 4 is 0 Å². The second kappa shape index (κ2) is 5.44. The third-order valence-corrected chi connectivity index (χ3v) is 3.73. The molecule has 0 spiro atoms. The van der Waals surface area contributed by atoms with E-state index in [-0.39, 0.29) is 19.2 Å². The summed E-state index contributed by atoms with van der Waals surface area (Å²) in [6, 6.07) is 7.72. The Bertz CT molecular complexity index is 314. The zero-order valence-corrected chi connectivity index (χ0v) is 9.53. The fourth-order valence-electron chi connectivity index (χ4n) is 2.72. The first-order chi connectivity index (χ1) is 7.85. The first-order valence-electron chi connectivity index (χ1n) is 6.11. The van der Waals surface area contributed by atoms with Crippen molar-refractivity contribution in [3.05, 3.63) is 35.4 Å². The minimum atomic E-state index is -0.261. The molecule has 88 valence electrons. The van der Waals surface area contributed by atoms with Crippen LogP contribution in [-0.4, -0.2) is 11.8 Å². The van der Waals surface area contributed by atoms with Crippen molar-refractivity contribution in [1.29, 1.82) is 0 Å². The normalized spacial score (nSPS) is 18.9. The van der Waals surface area contributed by atoms with E-state index >= 15 is 0 Å². The SMILES string of the molecule is OCc1ccc(C(CF)C2CCCC2)cc1. The van der Waals surface area contributed by atoms with Crippen LogP contribution in [0.5, 0.6) is 0 Å². The molecule has 2 rings (SSSR count). The first-order valence-corrected chi connectivity index (χ1v) is 6.11. The van der Waals surface area contributed by atoms with Crippen LogP contribution in [0.1, 0.15) is 42.7 Å². The molecule has 1 aliphatic carbocycles. The zero-order chi connectivity index (χ0) is 11.4. The van der Waals surface area contributed by atoms with E-state index in [1.807, 2.05) is 24.3 Å². The first kappa shape index (κ1) is 11.6. The highest BCUT2D eigenvalue weighted by atomic mass is 19.1. The molecule has 0 aromatic heterocycles. The van der Waals surface area contributed by atoms with E-state index in [0.29, 0.717) is 5.92 Å². The number of rotatable bonds is 4. The van der Waals surface area contributed by atoms with E-state index in [2.05, 4.69) is 0 Å². The Kier molecular flexibility index (Phi) is 3.94. The van der Waals surface area contributed by atoms with Crippen molar-refractivity contribution in [2.75, 3.05) is 6.67 Å². The number of aliphatic hydroxyl groups is 1. The lowest BCUT2D eigenvalue weighted by Gasteiger charge is -2.20. The van der Waals surface area contributed by atoms with Crippen molar-refractivity contribution in [3.63, 3.8) is 0 Å². The molecule has 1 fully saturated rings. The van der Waals surface area contributed by atoms with E-state index in [1.54, 1.807) is 0 Å². The van der Waals surface area contributed by atoms with Crippen molar-refractivity contribution < 1.29 is 9.50 Å². The van der Waals surface area contributed by atoms with Gasteiger partial charge in [0.05, 0.1) is 13.3 Å². The number of hydrogen-bond donors (Lipinski definition) is 1. The quantitative estimate of drug-likeness (QED) is 0.827. The molecule has 0 saturated heterocycles. The smallest absolute Gasteiger partial charge is 0.0965 e. The van der Waals surface area contributed by atoms with E-state index in [0.717, 1.165) is 24.0 Å². The molecule has 1 aliphatic rings. The van der Waals surface area contributed by atoms with E-state index < -0.39 is 0 Å². The Morgan fingerprint density at radius 3 is 2.31 bits per heavy atom. The van der Waals surface area contributed by atoms with Gasteiger partial charge in [0.25, 0.3) is 0 Å². The van der Waals surface area contributed by atoms with Gasteiger partial charge < -0.3 is 5.11 Å². The van der Waals surface area contributed by atoms with Crippen LogP contribution < -0.4 is 0 Å². The van der Waals surface area contributed by atoms with Crippen LogP contribution in [0.3, 0.4) is 0 Å². The predicted octanol–water partition coefficient (Wildman–Crippen LogP) is 3.42. The Morgan fingerprint density at radius 1 is 1.19 bits per heavy atom. The van der Waals surface area contributed by atoms with E-state index in [1.165, 1.54) is 12.8 Å². The minimum absolute atomic E-state index is 0.0595. The Balaban J connectivity index is 2.12. The highest BCUT2D eigenvalue weighted by Crippen LogP contribution is 2.37. The molecule has 0 bridgehead atoms. The molecule has 1 aromatic rings. The van der Waals surface area contributed by atoms with Gasteiger partial charge in [0.1, 0.15) is 0 Å². The van der Waals surface area contributed by atoms with Gasteiger partial charge in [-0.15, -0.1) is 0 Å². The summed E-state index contributed by atoms with van der Waals surface area (Å²) in [6.07, 6.45) is 4.82. The summed E-state index contributed by atoms with van der Waals surface area (Å²) in [5, 5.41) is 8.96. The summed E-state index contributed by atoms with van der Waals surface area (Å²) in [7, 11) is 0. The van der Waals surface area contributed by atoms with Gasteiger partial charge in [0.15, 0.2) is 0 Å². The topological polar surface area (TPSA) is 20.2 Å². The number of aliphatic hydroxyl groups excluding tert-OH is 1.